The molecule has 2 aromatic rings. The van der Waals surface area contributed by atoms with Gasteiger partial charge in [-0.15, -0.1) is 0 Å². The highest BCUT2D eigenvalue weighted by molar-refractivity contribution is 5.37. The van der Waals surface area contributed by atoms with Crippen LogP contribution in [0.4, 0.5) is 0 Å². The van der Waals surface area contributed by atoms with Gasteiger partial charge in [-0.25, -0.2) is 4.68 Å². The quantitative estimate of drug-likeness (QED) is 0.863. The maximum Gasteiger partial charge on any atom is 0.267 e. The first kappa shape index (κ1) is 12.3. The Morgan fingerprint density at radius 3 is 2.89 bits per heavy atom. The van der Waals surface area contributed by atoms with Crippen molar-refractivity contribution in [1.29, 1.82) is 0 Å². The number of ether oxygens (including phenoxy) is 1. The minimum Gasteiger partial charge on any atom is -0.496 e. The zero-order valence-electron chi connectivity index (χ0n) is 10.2. The van der Waals surface area contributed by atoms with E-state index in [1.54, 1.807) is 19.4 Å². The summed E-state index contributed by atoms with van der Waals surface area (Å²) in [6.45, 7) is 0.841. The molecule has 2 N–H and O–H groups in total. The van der Waals surface area contributed by atoms with Crippen LogP contribution in [0.15, 0.2) is 41.3 Å². The highest BCUT2D eigenvalue weighted by Gasteiger charge is 2.04. The summed E-state index contributed by atoms with van der Waals surface area (Å²) in [5.74, 6) is 0.735. The zero-order chi connectivity index (χ0) is 13.0. The molecule has 5 nitrogen and oxygen atoms in total. The Balaban J connectivity index is 2.30. The van der Waals surface area contributed by atoms with Gasteiger partial charge in [0.25, 0.3) is 5.56 Å². The van der Waals surface area contributed by atoms with Crippen molar-refractivity contribution in [2.75, 3.05) is 7.11 Å². The lowest BCUT2D eigenvalue weighted by molar-refractivity contribution is 0.409. The second kappa shape index (κ2) is 5.46. The number of nitrogens with two attached hydrogens (primary N) is 1. The molecular weight excluding hydrogens is 230 g/mol. The average Bonchev–Trinajstić information content (AvgIpc) is 2.41. The zero-order valence-corrected chi connectivity index (χ0v) is 10.2. The van der Waals surface area contributed by atoms with Crippen LogP contribution in [-0.2, 0) is 13.1 Å². The highest BCUT2D eigenvalue weighted by Crippen LogP contribution is 2.19. The first-order chi connectivity index (χ1) is 8.74. The molecule has 0 aliphatic heterocycles. The molecular formula is C13H15N3O2. The predicted molar refractivity (Wildman–Crippen MR) is 68.5 cm³/mol. The third kappa shape index (κ3) is 2.57. The minimum atomic E-state index is -0.126. The fourth-order valence-corrected chi connectivity index (χ4v) is 1.73. The lowest BCUT2D eigenvalue weighted by Gasteiger charge is -2.09. The van der Waals surface area contributed by atoms with Gasteiger partial charge in [-0.3, -0.25) is 4.79 Å². The van der Waals surface area contributed by atoms with Crippen molar-refractivity contribution in [3.05, 3.63) is 58.0 Å². The molecule has 0 fully saturated rings. The fourth-order valence-electron chi connectivity index (χ4n) is 1.73. The molecule has 0 saturated carbocycles. The Hall–Kier alpha value is -2.14. The highest BCUT2D eigenvalue weighted by atomic mass is 16.5. The molecule has 18 heavy (non-hydrogen) atoms. The van der Waals surface area contributed by atoms with Crippen LogP contribution < -0.4 is 16.0 Å². The third-order valence-electron chi connectivity index (χ3n) is 2.69. The van der Waals surface area contributed by atoms with E-state index in [9.17, 15) is 4.79 Å². The Bertz CT molecular complexity index is 593. The van der Waals surface area contributed by atoms with Gasteiger partial charge in [0.15, 0.2) is 0 Å². The molecule has 0 unspecified atom stereocenters. The summed E-state index contributed by atoms with van der Waals surface area (Å²) in [7, 11) is 1.60. The van der Waals surface area contributed by atoms with Crippen LogP contribution in [0.3, 0.4) is 0 Å². The number of nitrogens with zero attached hydrogens (tertiary/aromatic N) is 2. The van der Waals surface area contributed by atoms with Crippen molar-refractivity contribution < 1.29 is 4.74 Å². The first-order valence-electron chi connectivity index (χ1n) is 5.62. The predicted octanol–water partition coefficient (Wildman–Crippen LogP) is 0.759. The molecule has 2 rings (SSSR count). The van der Waals surface area contributed by atoms with E-state index in [4.69, 9.17) is 10.5 Å². The van der Waals surface area contributed by atoms with E-state index in [2.05, 4.69) is 5.10 Å². The molecule has 0 atom stereocenters. The van der Waals surface area contributed by atoms with Gasteiger partial charge in [-0.1, -0.05) is 12.1 Å². The molecule has 0 aliphatic carbocycles. The summed E-state index contributed by atoms with van der Waals surface area (Å²) in [6.07, 6.45) is 1.59. The van der Waals surface area contributed by atoms with Gasteiger partial charge >= 0.3 is 0 Å². The van der Waals surface area contributed by atoms with E-state index < -0.39 is 0 Å². The summed E-state index contributed by atoms with van der Waals surface area (Å²) in [6, 6.07) is 8.81. The van der Waals surface area contributed by atoms with Crippen LogP contribution in [0.1, 0.15) is 11.1 Å². The SMILES string of the molecule is COc1cc(Cn2ncccc2=O)ccc1CN. The Morgan fingerprint density at radius 2 is 2.22 bits per heavy atom. The third-order valence-corrected chi connectivity index (χ3v) is 2.69. The van der Waals surface area contributed by atoms with Gasteiger partial charge < -0.3 is 10.5 Å². The largest absolute Gasteiger partial charge is 0.496 e. The van der Waals surface area contributed by atoms with E-state index in [1.807, 2.05) is 18.2 Å². The molecule has 1 aromatic heterocycles. The molecule has 1 heterocycles. The normalized spacial score (nSPS) is 10.3. The second-order valence-electron chi connectivity index (χ2n) is 3.87. The Labute approximate surface area is 105 Å². The molecule has 0 aliphatic rings. The lowest BCUT2D eigenvalue weighted by atomic mass is 10.1. The molecule has 1 aromatic carbocycles. The molecule has 0 saturated heterocycles. The van der Waals surface area contributed by atoms with Crippen molar-refractivity contribution in [3.8, 4) is 5.75 Å². The average molecular weight is 245 g/mol. The standard InChI is InChI=1S/C13H15N3O2/c1-18-12-7-10(4-5-11(12)8-14)9-16-13(17)3-2-6-15-16/h2-7H,8-9,14H2,1H3. The monoisotopic (exact) mass is 245 g/mol. The second-order valence-corrected chi connectivity index (χ2v) is 3.87. The van der Waals surface area contributed by atoms with Crippen molar-refractivity contribution in [2.24, 2.45) is 5.73 Å². The van der Waals surface area contributed by atoms with Crippen molar-refractivity contribution in [2.45, 2.75) is 13.1 Å². The molecule has 0 spiro atoms. The molecule has 0 radical (unpaired) electrons. The summed E-state index contributed by atoms with van der Waals surface area (Å²) in [5, 5.41) is 4.01. The van der Waals surface area contributed by atoms with Gasteiger partial charge in [0.1, 0.15) is 5.75 Å². The summed E-state index contributed by atoms with van der Waals surface area (Å²) in [5.41, 5.74) is 7.37. The minimum absolute atomic E-state index is 0.126. The van der Waals surface area contributed by atoms with E-state index in [-0.39, 0.29) is 5.56 Å². The Kier molecular flexibility index (Phi) is 3.74. The molecule has 94 valence electrons. The lowest BCUT2D eigenvalue weighted by Crippen LogP contribution is -2.21. The number of aromatic nitrogens is 2. The maximum atomic E-state index is 11.6. The fraction of sp³-hybridized carbons (Fsp3) is 0.231. The van der Waals surface area contributed by atoms with Crippen molar-refractivity contribution in [3.63, 3.8) is 0 Å². The maximum absolute atomic E-state index is 11.6. The van der Waals surface area contributed by atoms with Gasteiger partial charge in [-0.05, 0) is 17.7 Å². The molecule has 5 heteroatoms. The van der Waals surface area contributed by atoms with Gasteiger partial charge in [0.2, 0.25) is 0 Å². The van der Waals surface area contributed by atoms with Crippen LogP contribution in [0, 0.1) is 0 Å². The van der Waals surface area contributed by atoms with E-state index in [0.29, 0.717) is 13.1 Å². The number of methoxy groups -OCH3 is 1. The number of rotatable bonds is 4. The molecule has 0 amide bonds. The van der Waals surface area contributed by atoms with E-state index in [1.165, 1.54) is 10.7 Å². The number of benzene rings is 1. The van der Waals surface area contributed by atoms with Gasteiger partial charge in [0, 0.05) is 24.4 Å². The summed E-state index contributed by atoms with van der Waals surface area (Å²) < 4.78 is 6.66. The topological polar surface area (TPSA) is 70.1 Å². The Morgan fingerprint density at radius 1 is 1.39 bits per heavy atom. The van der Waals surface area contributed by atoms with Crippen molar-refractivity contribution in [1.82, 2.24) is 9.78 Å². The van der Waals surface area contributed by atoms with Crippen molar-refractivity contribution >= 4 is 0 Å². The van der Waals surface area contributed by atoms with Crippen LogP contribution in [0.25, 0.3) is 0 Å². The summed E-state index contributed by atoms with van der Waals surface area (Å²) >= 11 is 0. The van der Waals surface area contributed by atoms with Gasteiger partial charge in [0.05, 0.1) is 13.7 Å². The first-order valence-corrected chi connectivity index (χ1v) is 5.62. The van der Waals surface area contributed by atoms with Crippen LogP contribution in [0.2, 0.25) is 0 Å². The summed E-state index contributed by atoms with van der Waals surface area (Å²) in [4.78, 5) is 11.6. The number of hydrogen-bond donors (Lipinski definition) is 1. The van der Waals surface area contributed by atoms with E-state index in [0.717, 1.165) is 16.9 Å². The van der Waals surface area contributed by atoms with E-state index >= 15 is 0 Å². The number of hydrogen-bond acceptors (Lipinski definition) is 4. The smallest absolute Gasteiger partial charge is 0.267 e. The molecule has 0 bridgehead atoms. The van der Waals surface area contributed by atoms with Crippen LogP contribution in [-0.4, -0.2) is 16.9 Å². The van der Waals surface area contributed by atoms with Crippen LogP contribution >= 0.6 is 0 Å². The van der Waals surface area contributed by atoms with Crippen LogP contribution in [0.5, 0.6) is 5.75 Å². The van der Waals surface area contributed by atoms with Gasteiger partial charge in [-0.2, -0.15) is 5.10 Å².